The lowest BCUT2D eigenvalue weighted by Crippen LogP contribution is -2.40. The molecule has 3 aromatic rings. The summed E-state index contributed by atoms with van der Waals surface area (Å²) < 4.78 is 12.1. The Morgan fingerprint density at radius 3 is 2.39 bits per heavy atom. The molecule has 0 aromatic carbocycles. The summed E-state index contributed by atoms with van der Waals surface area (Å²) in [6.45, 7) is 17.7. The van der Waals surface area contributed by atoms with E-state index in [4.69, 9.17) is 9.47 Å². The number of carbonyl (C=O) groups excluding carboxylic acids is 2. The van der Waals surface area contributed by atoms with Crippen molar-refractivity contribution in [3.05, 3.63) is 39.0 Å². The molecule has 208 valence electrons. The monoisotopic (exact) mass is 560 g/mol. The van der Waals surface area contributed by atoms with Gasteiger partial charge in [-0.05, 0) is 91.2 Å². The Labute approximate surface area is 233 Å². The predicted octanol–water partition coefficient (Wildman–Crippen LogP) is 7.48. The van der Waals surface area contributed by atoms with E-state index in [1.807, 2.05) is 66.0 Å². The lowest BCUT2D eigenvalue weighted by atomic mass is 9.97. The van der Waals surface area contributed by atoms with Crippen molar-refractivity contribution in [1.29, 1.82) is 0 Å². The van der Waals surface area contributed by atoms with Gasteiger partial charge in [0.1, 0.15) is 16.7 Å². The quantitative estimate of drug-likeness (QED) is 0.307. The minimum Gasteiger partial charge on any atom is -0.444 e. The van der Waals surface area contributed by atoms with Crippen LogP contribution in [0.1, 0.15) is 77.1 Å². The van der Waals surface area contributed by atoms with Crippen molar-refractivity contribution in [3.63, 3.8) is 0 Å². The number of hydrogen-bond acceptors (Lipinski definition) is 8. The lowest BCUT2D eigenvalue weighted by Gasteiger charge is -2.27. The zero-order chi connectivity index (χ0) is 28.3. The normalized spacial score (nSPS) is 13.7. The molecule has 0 aliphatic carbocycles. The first kappa shape index (κ1) is 29.8. The number of anilines is 1. The Morgan fingerprint density at radius 1 is 1.11 bits per heavy atom. The van der Waals surface area contributed by atoms with Crippen LogP contribution in [-0.2, 0) is 22.4 Å². The topological polar surface area (TPSA) is 93.7 Å². The highest BCUT2D eigenvalue weighted by Crippen LogP contribution is 2.38. The van der Waals surface area contributed by atoms with Crippen LogP contribution in [0, 0.1) is 12.8 Å². The average Bonchev–Trinajstić information content (AvgIpc) is 3.41. The van der Waals surface area contributed by atoms with E-state index in [1.54, 1.807) is 33.8 Å². The van der Waals surface area contributed by atoms with Crippen LogP contribution in [0.25, 0.3) is 10.2 Å². The summed E-state index contributed by atoms with van der Waals surface area (Å²) in [6.07, 6.45) is 2.53. The molecular formula is C28H40N4O4S2. The summed E-state index contributed by atoms with van der Waals surface area (Å²) in [5.41, 5.74) is 1.41. The number of carbonyl (C=O) groups is 2. The maximum atomic E-state index is 13.3. The molecule has 0 bridgehead atoms. The minimum absolute atomic E-state index is 0.0386. The van der Waals surface area contributed by atoms with Crippen LogP contribution in [0.2, 0.25) is 0 Å². The number of amides is 2. The van der Waals surface area contributed by atoms with Gasteiger partial charge in [-0.3, -0.25) is 4.90 Å². The Hall–Kier alpha value is -2.72. The third kappa shape index (κ3) is 8.14. The van der Waals surface area contributed by atoms with E-state index >= 15 is 0 Å². The number of hydrogen-bond donors (Lipinski definition) is 1. The van der Waals surface area contributed by atoms with Gasteiger partial charge >= 0.3 is 12.2 Å². The van der Waals surface area contributed by atoms with E-state index in [1.165, 1.54) is 4.88 Å². The molecule has 0 spiro atoms. The minimum atomic E-state index is -0.624. The number of alkyl carbamates (subject to hydrolysis) is 1. The number of ether oxygens (including phenoxy) is 2. The number of rotatable bonds is 8. The molecule has 38 heavy (non-hydrogen) atoms. The number of nitrogens with zero attached hydrogens (tertiary/aromatic N) is 3. The average molecular weight is 561 g/mol. The number of fused-ring (bicyclic) bond motifs is 1. The first-order valence-corrected chi connectivity index (χ1v) is 14.6. The Morgan fingerprint density at radius 2 is 1.79 bits per heavy atom. The molecule has 3 aromatic heterocycles. The summed E-state index contributed by atoms with van der Waals surface area (Å²) >= 11 is 3.24. The first-order valence-electron chi connectivity index (χ1n) is 12.9. The van der Waals surface area contributed by atoms with Gasteiger partial charge in [0, 0.05) is 15.8 Å². The molecule has 0 radical (unpaired) electrons. The molecule has 3 heterocycles. The van der Waals surface area contributed by atoms with Gasteiger partial charge in [-0.25, -0.2) is 9.59 Å². The van der Waals surface area contributed by atoms with Gasteiger partial charge in [-0.15, -0.1) is 27.8 Å². The van der Waals surface area contributed by atoms with Crippen molar-refractivity contribution < 1.29 is 19.1 Å². The molecule has 2 amide bonds. The standard InChI is InChI=1S/C28H40N4O4S2/c1-17(19(3)30-25(33)35-27(4,5)6)12-13-22-18(2)23-24(38-22)21(15-29-31-23)32(16-20-11-10-14-37-20)26(34)36-28(7,8)9/h10-11,14-15,17,19H,12-13,16H2,1-9H3,(H,30,33)/t17-,19+/m1/s1. The van der Waals surface area contributed by atoms with Crippen LogP contribution in [0.15, 0.2) is 23.7 Å². The van der Waals surface area contributed by atoms with Gasteiger partial charge < -0.3 is 14.8 Å². The predicted molar refractivity (Wildman–Crippen MR) is 155 cm³/mol. The van der Waals surface area contributed by atoms with E-state index in [9.17, 15) is 9.59 Å². The zero-order valence-electron chi connectivity index (χ0n) is 23.9. The maximum absolute atomic E-state index is 13.3. The molecule has 2 atom stereocenters. The molecule has 10 heteroatoms. The van der Waals surface area contributed by atoms with Crippen molar-refractivity contribution in [2.45, 2.75) is 98.9 Å². The van der Waals surface area contributed by atoms with Crippen molar-refractivity contribution in [1.82, 2.24) is 15.5 Å². The van der Waals surface area contributed by atoms with Gasteiger partial charge in [0.2, 0.25) is 0 Å². The highest BCUT2D eigenvalue weighted by molar-refractivity contribution is 7.19. The summed E-state index contributed by atoms with van der Waals surface area (Å²) in [5.74, 6) is 0.231. The van der Waals surface area contributed by atoms with Crippen LogP contribution in [-0.4, -0.2) is 39.6 Å². The first-order chi connectivity index (χ1) is 17.6. The summed E-state index contributed by atoms with van der Waals surface area (Å²) in [7, 11) is 0. The van der Waals surface area contributed by atoms with E-state index in [0.717, 1.165) is 33.5 Å². The molecule has 0 saturated carbocycles. The fraction of sp³-hybridized carbons (Fsp3) is 0.571. The second kappa shape index (κ2) is 12.0. The second-order valence-electron chi connectivity index (χ2n) is 11.7. The van der Waals surface area contributed by atoms with Crippen molar-refractivity contribution in [2.75, 3.05) is 4.90 Å². The van der Waals surface area contributed by atoms with E-state index < -0.39 is 23.4 Å². The Balaban J connectivity index is 1.82. The molecule has 0 aliphatic rings. The zero-order valence-corrected chi connectivity index (χ0v) is 25.5. The molecular weight excluding hydrogens is 520 g/mol. The Kier molecular flexibility index (Phi) is 9.41. The molecule has 8 nitrogen and oxygen atoms in total. The summed E-state index contributed by atoms with van der Waals surface area (Å²) in [4.78, 5) is 29.4. The maximum Gasteiger partial charge on any atom is 0.415 e. The smallest absolute Gasteiger partial charge is 0.415 e. The molecule has 0 aliphatic heterocycles. The van der Waals surface area contributed by atoms with E-state index in [-0.39, 0.29) is 12.0 Å². The third-order valence-corrected chi connectivity index (χ3v) is 8.23. The largest absolute Gasteiger partial charge is 0.444 e. The Bertz CT molecular complexity index is 1240. The van der Waals surface area contributed by atoms with Crippen molar-refractivity contribution in [2.24, 2.45) is 5.92 Å². The van der Waals surface area contributed by atoms with Gasteiger partial charge in [0.15, 0.2) is 0 Å². The van der Waals surface area contributed by atoms with E-state index in [0.29, 0.717) is 12.2 Å². The van der Waals surface area contributed by atoms with Gasteiger partial charge in [-0.1, -0.05) is 13.0 Å². The van der Waals surface area contributed by atoms with Gasteiger partial charge in [0.25, 0.3) is 0 Å². The number of aromatic nitrogens is 2. The van der Waals surface area contributed by atoms with Crippen LogP contribution in [0.5, 0.6) is 0 Å². The second-order valence-corrected chi connectivity index (χ2v) is 13.8. The molecule has 3 rings (SSSR count). The molecule has 0 saturated heterocycles. The number of aryl methyl sites for hydroxylation is 2. The molecule has 0 fully saturated rings. The number of thiophene rings is 2. The lowest BCUT2D eigenvalue weighted by molar-refractivity contribution is 0.0491. The molecule has 0 unspecified atom stereocenters. The summed E-state index contributed by atoms with van der Waals surface area (Å²) in [6, 6.07) is 3.94. The van der Waals surface area contributed by atoms with Crippen molar-refractivity contribution in [3.8, 4) is 0 Å². The van der Waals surface area contributed by atoms with Crippen LogP contribution in [0.4, 0.5) is 15.3 Å². The van der Waals surface area contributed by atoms with Crippen LogP contribution in [0.3, 0.4) is 0 Å². The van der Waals surface area contributed by atoms with Crippen molar-refractivity contribution >= 4 is 50.8 Å². The van der Waals surface area contributed by atoms with Gasteiger partial charge in [0.05, 0.1) is 23.1 Å². The highest BCUT2D eigenvalue weighted by Gasteiger charge is 2.28. The fourth-order valence-electron chi connectivity index (χ4n) is 3.84. The number of nitrogens with one attached hydrogen (secondary N) is 1. The summed E-state index contributed by atoms with van der Waals surface area (Å²) in [5, 5.41) is 13.6. The molecule has 1 N–H and O–H groups in total. The SMILES string of the molecule is Cc1c(CC[C@@H](C)[C@H](C)NC(=O)OC(C)(C)C)sc2c(N(Cc3cccs3)C(=O)OC(C)(C)C)cnnc12. The fourth-order valence-corrected chi connectivity index (χ4v) is 5.81. The van der Waals surface area contributed by atoms with Crippen LogP contribution >= 0.6 is 22.7 Å². The third-order valence-electron chi connectivity index (χ3n) is 6.01. The van der Waals surface area contributed by atoms with Crippen LogP contribution < -0.4 is 10.2 Å². The van der Waals surface area contributed by atoms with Gasteiger partial charge in [-0.2, -0.15) is 5.10 Å². The van der Waals surface area contributed by atoms with E-state index in [2.05, 4.69) is 29.4 Å². The highest BCUT2D eigenvalue weighted by atomic mass is 32.1.